The van der Waals surface area contributed by atoms with E-state index in [2.05, 4.69) is 31.4 Å². The molecule has 1 heterocycles. The first-order valence-electron chi connectivity index (χ1n) is 5.97. The van der Waals surface area contributed by atoms with Crippen molar-refractivity contribution < 1.29 is 4.79 Å². The molecule has 4 heteroatoms. The highest BCUT2D eigenvalue weighted by Gasteiger charge is 2.17. The van der Waals surface area contributed by atoms with Crippen LogP contribution in [0.2, 0.25) is 0 Å². The van der Waals surface area contributed by atoms with Gasteiger partial charge in [-0.15, -0.1) is 12.4 Å². The summed E-state index contributed by atoms with van der Waals surface area (Å²) in [5, 5.41) is 6.32. The van der Waals surface area contributed by atoms with Crippen LogP contribution in [0.1, 0.15) is 46.5 Å². The quantitative estimate of drug-likeness (QED) is 0.800. The molecule has 0 aliphatic carbocycles. The molecule has 0 aromatic heterocycles. The van der Waals surface area contributed by atoms with Gasteiger partial charge in [-0.3, -0.25) is 4.79 Å². The lowest BCUT2D eigenvalue weighted by molar-refractivity contribution is -0.121. The number of amides is 1. The minimum atomic E-state index is 0. The van der Waals surface area contributed by atoms with Crippen molar-refractivity contribution in [3.63, 3.8) is 0 Å². The number of hydrogen-bond donors (Lipinski definition) is 2. The molecule has 1 atom stereocenters. The highest BCUT2D eigenvalue weighted by atomic mass is 35.5. The summed E-state index contributed by atoms with van der Waals surface area (Å²) in [7, 11) is 0. The summed E-state index contributed by atoms with van der Waals surface area (Å²) in [5.41, 5.74) is 0.304. The summed E-state index contributed by atoms with van der Waals surface area (Å²) in [6, 6.07) is 0.416. The van der Waals surface area contributed by atoms with E-state index in [1.54, 1.807) is 0 Å². The van der Waals surface area contributed by atoms with Gasteiger partial charge in [-0.25, -0.2) is 0 Å². The Morgan fingerprint density at radius 3 is 2.62 bits per heavy atom. The van der Waals surface area contributed by atoms with Crippen molar-refractivity contribution in [3.05, 3.63) is 0 Å². The van der Waals surface area contributed by atoms with E-state index in [0.717, 1.165) is 25.9 Å². The van der Waals surface area contributed by atoms with Crippen molar-refractivity contribution in [2.24, 2.45) is 5.41 Å². The molecular weight excluding hydrogens is 224 g/mol. The molecule has 1 unspecified atom stereocenters. The maximum Gasteiger partial charge on any atom is 0.221 e. The molecule has 0 aromatic carbocycles. The van der Waals surface area contributed by atoms with Gasteiger partial charge in [0.25, 0.3) is 0 Å². The smallest absolute Gasteiger partial charge is 0.221 e. The predicted octanol–water partition coefficient (Wildman–Crippen LogP) is 2.10. The van der Waals surface area contributed by atoms with Crippen LogP contribution in [0.15, 0.2) is 0 Å². The van der Waals surface area contributed by atoms with E-state index in [1.165, 1.54) is 6.42 Å². The Balaban J connectivity index is 0.00000225. The molecule has 0 aromatic rings. The first kappa shape index (κ1) is 15.7. The fourth-order valence-electron chi connectivity index (χ4n) is 1.80. The van der Waals surface area contributed by atoms with E-state index in [0.29, 0.717) is 17.9 Å². The lowest BCUT2D eigenvalue weighted by Gasteiger charge is -2.18. The Kier molecular flexibility index (Phi) is 7.00. The highest BCUT2D eigenvalue weighted by Crippen LogP contribution is 2.17. The van der Waals surface area contributed by atoms with E-state index < -0.39 is 0 Å². The molecule has 3 nitrogen and oxygen atoms in total. The summed E-state index contributed by atoms with van der Waals surface area (Å²) in [4.78, 5) is 11.5. The number of nitrogens with one attached hydrogen (secondary N) is 2. The van der Waals surface area contributed by atoms with Gasteiger partial charge in [0.1, 0.15) is 0 Å². The zero-order chi connectivity index (χ0) is 11.3. The lowest BCUT2D eigenvalue weighted by Crippen LogP contribution is -2.33. The third-order valence-electron chi connectivity index (χ3n) is 2.79. The van der Waals surface area contributed by atoms with Crippen LogP contribution in [0.25, 0.3) is 0 Å². The van der Waals surface area contributed by atoms with E-state index in [4.69, 9.17) is 0 Å². The molecule has 1 aliphatic heterocycles. The molecule has 2 N–H and O–H groups in total. The molecule has 0 spiro atoms. The van der Waals surface area contributed by atoms with Gasteiger partial charge in [0.15, 0.2) is 0 Å². The summed E-state index contributed by atoms with van der Waals surface area (Å²) in [6.45, 7) is 8.45. The summed E-state index contributed by atoms with van der Waals surface area (Å²) in [6.07, 6.45) is 4.04. The minimum Gasteiger partial charge on any atom is -0.356 e. The second-order valence-electron chi connectivity index (χ2n) is 5.66. The molecule has 0 saturated carbocycles. The standard InChI is InChI=1S/C12H24N2O.ClH/c1-12(2,3)6-8-14-11(15)9-10-5-4-7-13-10;/h10,13H,4-9H2,1-3H3,(H,14,15);1H. The van der Waals surface area contributed by atoms with Crippen LogP contribution >= 0.6 is 12.4 Å². The maximum atomic E-state index is 11.5. The molecule has 1 fully saturated rings. The molecule has 0 radical (unpaired) electrons. The van der Waals surface area contributed by atoms with E-state index in [-0.39, 0.29) is 18.3 Å². The van der Waals surface area contributed by atoms with Crippen LogP contribution in [0.3, 0.4) is 0 Å². The fraction of sp³-hybridized carbons (Fsp3) is 0.917. The van der Waals surface area contributed by atoms with Crippen LogP contribution in [-0.4, -0.2) is 25.0 Å². The second-order valence-corrected chi connectivity index (χ2v) is 5.66. The van der Waals surface area contributed by atoms with Crippen molar-refractivity contribution in [2.45, 2.75) is 52.5 Å². The number of carbonyl (C=O) groups is 1. The molecule has 1 saturated heterocycles. The Labute approximate surface area is 105 Å². The first-order chi connectivity index (χ1) is 6.97. The van der Waals surface area contributed by atoms with Crippen molar-refractivity contribution in [1.29, 1.82) is 0 Å². The predicted molar refractivity (Wildman–Crippen MR) is 70.0 cm³/mol. The normalized spacial score (nSPS) is 20.3. The van der Waals surface area contributed by atoms with Crippen LogP contribution in [0.5, 0.6) is 0 Å². The zero-order valence-electron chi connectivity index (χ0n) is 10.6. The Bertz CT molecular complexity index is 208. The van der Waals surface area contributed by atoms with E-state index >= 15 is 0 Å². The van der Waals surface area contributed by atoms with Crippen molar-refractivity contribution in [1.82, 2.24) is 10.6 Å². The first-order valence-corrected chi connectivity index (χ1v) is 5.97. The van der Waals surface area contributed by atoms with Gasteiger partial charge in [0.05, 0.1) is 0 Å². The minimum absolute atomic E-state index is 0. The second kappa shape index (κ2) is 7.13. The van der Waals surface area contributed by atoms with Gasteiger partial charge >= 0.3 is 0 Å². The molecule has 1 amide bonds. The Morgan fingerprint density at radius 2 is 2.12 bits per heavy atom. The van der Waals surface area contributed by atoms with Crippen LogP contribution in [0, 0.1) is 5.41 Å². The average Bonchev–Trinajstić information content (AvgIpc) is 2.54. The highest BCUT2D eigenvalue weighted by molar-refractivity contribution is 5.85. The molecule has 1 aliphatic rings. The molecular formula is C12H25ClN2O. The molecule has 1 rings (SSSR count). The zero-order valence-corrected chi connectivity index (χ0v) is 11.5. The van der Waals surface area contributed by atoms with Crippen molar-refractivity contribution in [3.8, 4) is 0 Å². The molecule has 96 valence electrons. The molecule has 16 heavy (non-hydrogen) atoms. The largest absolute Gasteiger partial charge is 0.356 e. The van der Waals surface area contributed by atoms with Gasteiger partial charge < -0.3 is 10.6 Å². The van der Waals surface area contributed by atoms with Crippen molar-refractivity contribution in [2.75, 3.05) is 13.1 Å². The summed E-state index contributed by atoms with van der Waals surface area (Å²) in [5.74, 6) is 0.193. The van der Waals surface area contributed by atoms with Gasteiger partial charge in [-0.1, -0.05) is 20.8 Å². The number of rotatable bonds is 4. The van der Waals surface area contributed by atoms with E-state index in [1.807, 2.05) is 0 Å². The number of halogens is 1. The van der Waals surface area contributed by atoms with Crippen LogP contribution in [0.4, 0.5) is 0 Å². The summed E-state index contributed by atoms with van der Waals surface area (Å²) >= 11 is 0. The average molecular weight is 249 g/mol. The van der Waals surface area contributed by atoms with Gasteiger partial charge in [0.2, 0.25) is 5.91 Å². The third-order valence-corrected chi connectivity index (χ3v) is 2.79. The molecule has 0 bridgehead atoms. The monoisotopic (exact) mass is 248 g/mol. The van der Waals surface area contributed by atoms with E-state index in [9.17, 15) is 4.79 Å². The number of hydrogen-bond acceptors (Lipinski definition) is 2. The van der Waals surface area contributed by atoms with Gasteiger partial charge in [0, 0.05) is 19.0 Å². The summed E-state index contributed by atoms with van der Waals surface area (Å²) < 4.78 is 0. The number of carbonyl (C=O) groups excluding carboxylic acids is 1. The van der Waals surface area contributed by atoms with Gasteiger partial charge in [-0.2, -0.15) is 0 Å². The van der Waals surface area contributed by atoms with Gasteiger partial charge in [-0.05, 0) is 31.2 Å². The van der Waals surface area contributed by atoms with Crippen LogP contribution in [-0.2, 0) is 4.79 Å². The topological polar surface area (TPSA) is 41.1 Å². The lowest BCUT2D eigenvalue weighted by atomic mass is 9.92. The Hall–Kier alpha value is -0.280. The Morgan fingerprint density at radius 1 is 1.44 bits per heavy atom. The SMILES string of the molecule is CC(C)(C)CCNC(=O)CC1CCCN1.Cl. The maximum absolute atomic E-state index is 11.5. The third kappa shape index (κ3) is 7.07. The van der Waals surface area contributed by atoms with Crippen LogP contribution < -0.4 is 10.6 Å². The fourth-order valence-corrected chi connectivity index (χ4v) is 1.80. The van der Waals surface area contributed by atoms with Crippen molar-refractivity contribution >= 4 is 18.3 Å².